The van der Waals surface area contributed by atoms with Crippen molar-refractivity contribution in [2.75, 3.05) is 0 Å². The molecular formula is C15H24O2. The van der Waals surface area contributed by atoms with Crippen LogP contribution in [0.3, 0.4) is 0 Å². The highest BCUT2D eigenvalue weighted by molar-refractivity contribution is 5.35. The Bertz CT molecular complexity index is 354. The fraction of sp³-hybridized carbons (Fsp3) is 0.600. The molecule has 0 aliphatic heterocycles. The summed E-state index contributed by atoms with van der Waals surface area (Å²) in [5, 5.41) is 0. The molecule has 0 fully saturated rings. The van der Waals surface area contributed by atoms with Crippen LogP contribution >= 0.6 is 0 Å². The van der Waals surface area contributed by atoms with E-state index in [2.05, 4.69) is 33.8 Å². The number of hydrogen-bond donors (Lipinski definition) is 0. The lowest BCUT2D eigenvalue weighted by Gasteiger charge is -2.28. The molecule has 0 N–H and O–H groups in total. The van der Waals surface area contributed by atoms with Crippen molar-refractivity contribution in [2.45, 2.75) is 53.1 Å². The maximum absolute atomic E-state index is 5.57. The molecule has 1 aromatic rings. The molecule has 0 bridgehead atoms. The average molecular weight is 236 g/mol. The molecule has 0 aliphatic rings. The molecule has 0 saturated heterocycles. The van der Waals surface area contributed by atoms with E-state index in [4.69, 9.17) is 9.78 Å². The van der Waals surface area contributed by atoms with Gasteiger partial charge in [-0.05, 0) is 31.7 Å². The number of benzene rings is 1. The Balaban J connectivity index is 2.76. The molecule has 1 rings (SSSR count). The van der Waals surface area contributed by atoms with Crippen molar-refractivity contribution in [3.05, 3.63) is 29.8 Å². The Hall–Kier alpha value is -1.02. The van der Waals surface area contributed by atoms with Gasteiger partial charge < -0.3 is 4.89 Å². The highest BCUT2D eigenvalue weighted by Crippen LogP contribution is 2.28. The van der Waals surface area contributed by atoms with Crippen LogP contribution in [-0.2, 0) is 4.89 Å². The van der Waals surface area contributed by atoms with Crippen molar-refractivity contribution in [1.82, 2.24) is 0 Å². The maximum atomic E-state index is 5.57. The molecule has 0 spiro atoms. The van der Waals surface area contributed by atoms with Gasteiger partial charge in [0.2, 0.25) is 0 Å². The molecular weight excluding hydrogens is 212 g/mol. The Morgan fingerprint density at radius 1 is 1.00 bits per heavy atom. The molecule has 17 heavy (non-hydrogen) atoms. The van der Waals surface area contributed by atoms with E-state index in [0.717, 1.165) is 5.75 Å². The zero-order valence-corrected chi connectivity index (χ0v) is 11.8. The van der Waals surface area contributed by atoms with Crippen molar-refractivity contribution in [2.24, 2.45) is 5.92 Å². The van der Waals surface area contributed by atoms with Crippen molar-refractivity contribution in [3.63, 3.8) is 0 Å². The SMILES string of the molecule is CC(C)c1ccccc1OOC(C)(C)C(C)C. The van der Waals surface area contributed by atoms with E-state index < -0.39 is 0 Å². The molecule has 2 nitrogen and oxygen atoms in total. The van der Waals surface area contributed by atoms with Gasteiger partial charge in [0.25, 0.3) is 0 Å². The normalized spacial score (nSPS) is 12.2. The molecule has 0 atom stereocenters. The zero-order valence-electron chi connectivity index (χ0n) is 11.8. The van der Waals surface area contributed by atoms with E-state index in [0.29, 0.717) is 11.8 Å². The largest absolute Gasteiger partial charge is 0.337 e. The van der Waals surface area contributed by atoms with E-state index in [9.17, 15) is 0 Å². The average Bonchev–Trinajstić information content (AvgIpc) is 2.26. The van der Waals surface area contributed by atoms with Gasteiger partial charge in [0.05, 0.1) is 0 Å². The Morgan fingerprint density at radius 3 is 2.12 bits per heavy atom. The third kappa shape index (κ3) is 3.74. The summed E-state index contributed by atoms with van der Waals surface area (Å²) in [6.45, 7) is 12.6. The minimum atomic E-state index is -0.288. The van der Waals surface area contributed by atoms with Crippen LogP contribution in [0.4, 0.5) is 0 Å². The quantitative estimate of drug-likeness (QED) is 0.551. The van der Waals surface area contributed by atoms with E-state index in [1.54, 1.807) is 0 Å². The third-order valence-electron chi connectivity index (χ3n) is 3.28. The summed E-state index contributed by atoms with van der Waals surface area (Å²) >= 11 is 0. The second-order valence-corrected chi connectivity index (χ2v) is 5.62. The molecule has 0 heterocycles. The van der Waals surface area contributed by atoms with Crippen LogP contribution in [0.5, 0.6) is 5.75 Å². The minimum absolute atomic E-state index is 0.288. The first-order valence-corrected chi connectivity index (χ1v) is 6.29. The lowest BCUT2D eigenvalue weighted by Crippen LogP contribution is -2.32. The van der Waals surface area contributed by atoms with Gasteiger partial charge in [-0.25, -0.2) is 0 Å². The van der Waals surface area contributed by atoms with Crippen LogP contribution in [0, 0.1) is 5.92 Å². The van der Waals surface area contributed by atoms with Gasteiger partial charge in [0, 0.05) is 5.56 Å². The predicted octanol–water partition coefficient (Wildman–Crippen LogP) is 4.56. The van der Waals surface area contributed by atoms with Crippen LogP contribution in [0.25, 0.3) is 0 Å². The molecule has 0 unspecified atom stereocenters. The predicted molar refractivity (Wildman–Crippen MR) is 71.2 cm³/mol. The summed E-state index contributed by atoms with van der Waals surface area (Å²) < 4.78 is 0. The molecule has 0 amide bonds. The fourth-order valence-corrected chi connectivity index (χ4v) is 1.28. The Morgan fingerprint density at radius 2 is 1.59 bits per heavy atom. The molecule has 1 aromatic carbocycles. The number of para-hydroxylation sites is 1. The lowest BCUT2D eigenvalue weighted by atomic mass is 9.95. The third-order valence-corrected chi connectivity index (χ3v) is 3.28. The topological polar surface area (TPSA) is 18.5 Å². The van der Waals surface area contributed by atoms with Gasteiger partial charge in [-0.2, -0.15) is 4.89 Å². The monoisotopic (exact) mass is 236 g/mol. The molecule has 0 aromatic heterocycles. The smallest absolute Gasteiger partial charge is 0.168 e. The summed E-state index contributed by atoms with van der Waals surface area (Å²) in [5.74, 6) is 1.64. The first-order valence-electron chi connectivity index (χ1n) is 6.29. The molecule has 0 radical (unpaired) electrons. The van der Waals surface area contributed by atoms with Crippen molar-refractivity contribution >= 4 is 0 Å². The van der Waals surface area contributed by atoms with Crippen LogP contribution in [-0.4, -0.2) is 5.60 Å². The summed E-state index contributed by atoms with van der Waals surface area (Å²) in [6.07, 6.45) is 0. The Labute approximate surface area is 105 Å². The standard InChI is InChI=1S/C15H24O2/c1-11(2)13-9-7-8-10-14(13)16-17-15(5,6)12(3)4/h7-12H,1-6H3. The van der Waals surface area contributed by atoms with Gasteiger partial charge in [0.1, 0.15) is 5.60 Å². The van der Waals surface area contributed by atoms with Crippen molar-refractivity contribution < 1.29 is 9.78 Å². The summed E-state index contributed by atoms with van der Waals surface area (Å²) in [6, 6.07) is 8.01. The fourth-order valence-electron chi connectivity index (χ4n) is 1.28. The van der Waals surface area contributed by atoms with Gasteiger partial charge >= 0.3 is 0 Å². The Kier molecular flexibility index (Phi) is 4.58. The van der Waals surface area contributed by atoms with Crippen LogP contribution < -0.4 is 4.89 Å². The van der Waals surface area contributed by atoms with Crippen molar-refractivity contribution in [1.29, 1.82) is 0 Å². The second-order valence-electron chi connectivity index (χ2n) is 5.62. The summed E-state index contributed by atoms with van der Waals surface area (Å²) in [7, 11) is 0. The summed E-state index contributed by atoms with van der Waals surface area (Å²) in [5.41, 5.74) is 0.886. The van der Waals surface area contributed by atoms with E-state index in [1.165, 1.54) is 5.56 Å². The molecule has 96 valence electrons. The molecule has 0 saturated carbocycles. The minimum Gasteiger partial charge on any atom is -0.337 e. The summed E-state index contributed by atoms with van der Waals surface area (Å²) in [4.78, 5) is 11.1. The first kappa shape index (κ1) is 14.0. The second kappa shape index (κ2) is 5.54. The highest BCUT2D eigenvalue weighted by Gasteiger charge is 2.25. The van der Waals surface area contributed by atoms with Crippen LogP contribution in [0.15, 0.2) is 24.3 Å². The lowest BCUT2D eigenvalue weighted by molar-refractivity contribution is -0.293. The van der Waals surface area contributed by atoms with E-state index >= 15 is 0 Å². The highest BCUT2D eigenvalue weighted by atomic mass is 17.2. The van der Waals surface area contributed by atoms with Crippen LogP contribution in [0.1, 0.15) is 53.0 Å². The van der Waals surface area contributed by atoms with E-state index in [1.807, 2.05) is 32.0 Å². The van der Waals surface area contributed by atoms with Crippen molar-refractivity contribution in [3.8, 4) is 5.75 Å². The zero-order chi connectivity index (χ0) is 13.1. The van der Waals surface area contributed by atoms with E-state index in [-0.39, 0.29) is 5.60 Å². The van der Waals surface area contributed by atoms with Gasteiger partial charge in [-0.1, -0.05) is 45.9 Å². The van der Waals surface area contributed by atoms with Gasteiger partial charge in [-0.3, -0.25) is 0 Å². The van der Waals surface area contributed by atoms with Gasteiger partial charge in [0.15, 0.2) is 5.75 Å². The number of rotatable bonds is 5. The maximum Gasteiger partial charge on any atom is 0.168 e. The van der Waals surface area contributed by atoms with Gasteiger partial charge in [-0.15, -0.1) is 0 Å². The molecule has 0 aliphatic carbocycles. The first-order chi connectivity index (χ1) is 7.84. The van der Waals surface area contributed by atoms with Crippen LogP contribution in [0.2, 0.25) is 0 Å². The number of hydrogen-bond acceptors (Lipinski definition) is 2. The molecule has 2 heteroatoms.